The van der Waals surface area contributed by atoms with Gasteiger partial charge in [0.2, 0.25) is 0 Å². The minimum atomic E-state index is -0.133. The Labute approximate surface area is 169 Å². The standard InChI is InChI=1S/C22H17N5O3/c1-25-11-13(8-24-25)16-18-19-17(22(28)26(18)2)20-12(5-4-6-30-20)7-14-9-23-10-15(27(14)19)21(16)29-3/h4-11H,1-3H3. The Hall–Kier alpha value is -4.07. The van der Waals surface area contributed by atoms with E-state index in [9.17, 15) is 4.79 Å². The number of hydrogen-bond acceptors (Lipinski definition) is 5. The number of ether oxygens (including phenoxy) is 1. The van der Waals surface area contributed by atoms with Crippen molar-refractivity contribution in [2.75, 3.05) is 7.11 Å². The molecule has 8 nitrogen and oxygen atoms in total. The summed E-state index contributed by atoms with van der Waals surface area (Å²) in [5, 5.41) is 5.67. The first-order valence-corrected chi connectivity index (χ1v) is 9.44. The number of aromatic nitrogens is 5. The molecule has 30 heavy (non-hydrogen) atoms. The van der Waals surface area contributed by atoms with Crippen molar-refractivity contribution < 1.29 is 9.15 Å². The fourth-order valence-electron chi connectivity index (χ4n) is 4.44. The highest BCUT2D eigenvalue weighted by Crippen LogP contribution is 2.42. The minimum Gasteiger partial charge on any atom is -0.494 e. The summed E-state index contributed by atoms with van der Waals surface area (Å²) >= 11 is 0. The van der Waals surface area contributed by atoms with Crippen molar-refractivity contribution in [3.8, 4) is 16.9 Å². The molecule has 6 aromatic heterocycles. The second-order valence-corrected chi connectivity index (χ2v) is 7.34. The van der Waals surface area contributed by atoms with Crippen molar-refractivity contribution in [1.82, 2.24) is 23.7 Å². The van der Waals surface area contributed by atoms with E-state index in [1.54, 1.807) is 48.3 Å². The Morgan fingerprint density at radius 2 is 2.00 bits per heavy atom. The first-order chi connectivity index (χ1) is 14.6. The molecule has 0 spiro atoms. The third-order valence-electron chi connectivity index (χ3n) is 5.67. The highest BCUT2D eigenvalue weighted by Gasteiger charge is 2.26. The van der Waals surface area contributed by atoms with Crippen molar-refractivity contribution in [2.45, 2.75) is 0 Å². The van der Waals surface area contributed by atoms with E-state index in [0.717, 1.165) is 38.6 Å². The molecule has 6 rings (SSSR count). The van der Waals surface area contributed by atoms with Crippen LogP contribution in [0.3, 0.4) is 0 Å². The Morgan fingerprint density at radius 3 is 2.77 bits per heavy atom. The summed E-state index contributed by atoms with van der Waals surface area (Å²) in [4.78, 5) is 17.9. The van der Waals surface area contributed by atoms with Crippen molar-refractivity contribution in [3.05, 3.63) is 59.6 Å². The lowest BCUT2D eigenvalue weighted by atomic mass is 10.1. The molecule has 0 aliphatic heterocycles. The molecule has 0 aliphatic carbocycles. The Bertz CT molecular complexity index is 1680. The van der Waals surface area contributed by atoms with Gasteiger partial charge in [0.15, 0.2) is 5.75 Å². The molecular weight excluding hydrogens is 382 g/mol. The highest BCUT2D eigenvalue weighted by molar-refractivity contribution is 6.15. The van der Waals surface area contributed by atoms with E-state index in [-0.39, 0.29) is 5.56 Å². The highest BCUT2D eigenvalue weighted by atomic mass is 16.5. The summed E-state index contributed by atoms with van der Waals surface area (Å²) < 4.78 is 17.1. The van der Waals surface area contributed by atoms with Crippen LogP contribution in [0.25, 0.3) is 49.5 Å². The molecule has 0 unspecified atom stereocenters. The number of aryl methyl sites for hydroxylation is 2. The zero-order valence-electron chi connectivity index (χ0n) is 16.6. The quantitative estimate of drug-likeness (QED) is 0.445. The maximum atomic E-state index is 13.5. The van der Waals surface area contributed by atoms with E-state index < -0.39 is 0 Å². The lowest BCUT2D eigenvalue weighted by Gasteiger charge is -2.16. The molecule has 0 aliphatic rings. The number of pyridine rings is 1. The predicted molar refractivity (Wildman–Crippen MR) is 114 cm³/mol. The van der Waals surface area contributed by atoms with Crippen LogP contribution < -0.4 is 10.3 Å². The molecule has 8 heteroatoms. The largest absolute Gasteiger partial charge is 0.494 e. The van der Waals surface area contributed by atoms with E-state index in [1.165, 1.54) is 0 Å². The molecule has 148 valence electrons. The average molecular weight is 399 g/mol. The van der Waals surface area contributed by atoms with Crippen LogP contribution in [-0.4, -0.2) is 30.8 Å². The van der Waals surface area contributed by atoms with Crippen molar-refractivity contribution in [2.24, 2.45) is 14.1 Å². The summed E-state index contributed by atoms with van der Waals surface area (Å²) in [6.07, 6.45) is 8.80. The van der Waals surface area contributed by atoms with Crippen LogP contribution >= 0.6 is 0 Å². The van der Waals surface area contributed by atoms with Gasteiger partial charge >= 0.3 is 0 Å². The first kappa shape index (κ1) is 16.8. The Morgan fingerprint density at radius 1 is 1.13 bits per heavy atom. The molecule has 0 fully saturated rings. The van der Waals surface area contributed by atoms with Gasteiger partial charge < -0.3 is 18.1 Å². The molecule has 0 bridgehead atoms. The number of rotatable bonds is 2. The van der Waals surface area contributed by atoms with E-state index in [0.29, 0.717) is 16.7 Å². The van der Waals surface area contributed by atoms with Gasteiger partial charge in [-0.2, -0.15) is 5.10 Å². The third-order valence-corrected chi connectivity index (χ3v) is 5.67. The number of fused-ring (bicyclic) bond motifs is 2. The van der Waals surface area contributed by atoms with Crippen LogP contribution in [0.4, 0.5) is 0 Å². The molecule has 6 heterocycles. The number of nitrogens with zero attached hydrogens (tertiary/aromatic N) is 5. The summed E-state index contributed by atoms with van der Waals surface area (Å²) in [6, 6.07) is 5.72. The second kappa shape index (κ2) is 5.73. The molecule has 0 N–H and O–H groups in total. The number of hydrogen-bond donors (Lipinski definition) is 0. The van der Waals surface area contributed by atoms with Crippen LogP contribution in [0.1, 0.15) is 0 Å². The van der Waals surface area contributed by atoms with Crippen LogP contribution in [-0.2, 0) is 14.1 Å². The maximum absolute atomic E-state index is 13.5. The lowest BCUT2D eigenvalue weighted by Crippen LogP contribution is -2.10. The Balaban J connectivity index is 2.06. The summed E-state index contributed by atoms with van der Waals surface area (Å²) in [5.41, 5.74) is 5.17. The summed E-state index contributed by atoms with van der Waals surface area (Å²) in [6.45, 7) is 0. The monoisotopic (exact) mass is 399 g/mol. The topological polar surface area (TPSA) is 79.5 Å². The fraction of sp³-hybridized carbons (Fsp3) is 0.136. The third kappa shape index (κ3) is 1.97. The van der Waals surface area contributed by atoms with Crippen LogP contribution in [0.15, 0.2) is 58.5 Å². The minimum absolute atomic E-state index is 0.133. The SMILES string of the molecule is COc1c(-c2cnn(C)c2)c2c3c(c(=O)n2C)c2occcc2cc2cncc1n23. The van der Waals surface area contributed by atoms with Crippen LogP contribution in [0.5, 0.6) is 5.75 Å². The van der Waals surface area contributed by atoms with Crippen molar-refractivity contribution in [3.63, 3.8) is 0 Å². The van der Waals surface area contributed by atoms with Gasteiger partial charge in [0.25, 0.3) is 5.56 Å². The van der Waals surface area contributed by atoms with Gasteiger partial charge in [0.05, 0.1) is 54.1 Å². The van der Waals surface area contributed by atoms with Gasteiger partial charge in [0.1, 0.15) is 16.5 Å². The van der Waals surface area contributed by atoms with Gasteiger partial charge in [-0.05, 0) is 18.2 Å². The maximum Gasteiger partial charge on any atom is 0.264 e. The van der Waals surface area contributed by atoms with Gasteiger partial charge in [-0.1, -0.05) is 0 Å². The van der Waals surface area contributed by atoms with E-state index in [1.807, 2.05) is 35.8 Å². The molecule has 6 aromatic rings. The molecule has 0 saturated carbocycles. The van der Waals surface area contributed by atoms with Crippen molar-refractivity contribution >= 4 is 38.4 Å². The average Bonchev–Trinajstić information content (AvgIpc) is 3.24. The van der Waals surface area contributed by atoms with Crippen molar-refractivity contribution in [1.29, 1.82) is 0 Å². The van der Waals surface area contributed by atoms with Gasteiger partial charge in [-0.3, -0.25) is 14.5 Å². The van der Waals surface area contributed by atoms with E-state index in [2.05, 4.69) is 10.1 Å². The van der Waals surface area contributed by atoms with E-state index >= 15 is 0 Å². The fourth-order valence-corrected chi connectivity index (χ4v) is 4.44. The molecular formula is C22H17N5O3. The van der Waals surface area contributed by atoms with Gasteiger partial charge in [-0.15, -0.1) is 0 Å². The molecule has 0 amide bonds. The summed E-state index contributed by atoms with van der Waals surface area (Å²) in [5.74, 6) is 0.633. The van der Waals surface area contributed by atoms with Gasteiger partial charge in [0, 0.05) is 31.2 Å². The van der Waals surface area contributed by atoms with E-state index in [4.69, 9.17) is 9.15 Å². The summed E-state index contributed by atoms with van der Waals surface area (Å²) in [7, 11) is 5.26. The molecule has 0 saturated heterocycles. The number of methoxy groups -OCH3 is 1. The van der Waals surface area contributed by atoms with Gasteiger partial charge in [-0.25, -0.2) is 0 Å². The predicted octanol–water partition coefficient (Wildman–Crippen LogP) is 3.49. The zero-order valence-corrected chi connectivity index (χ0v) is 16.6. The molecule has 0 aromatic carbocycles. The van der Waals surface area contributed by atoms with Crippen LogP contribution in [0, 0.1) is 0 Å². The zero-order chi connectivity index (χ0) is 20.6. The Kier molecular flexibility index (Phi) is 3.22. The lowest BCUT2D eigenvalue weighted by molar-refractivity contribution is 0.420. The second-order valence-electron chi connectivity index (χ2n) is 7.34. The normalized spacial score (nSPS) is 12.0. The molecule has 0 atom stereocenters. The molecule has 0 radical (unpaired) electrons. The smallest absolute Gasteiger partial charge is 0.264 e. The van der Waals surface area contributed by atoms with Crippen LogP contribution in [0.2, 0.25) is 0 Å². The first-order valence-electron chi connectivity index (χ1n) is 9.44.